The van der Waals surface area contributed by atoms with E-state index in [1.54, 1.807) is 30.7 Å². The number of anilines is 2. The molecule has 178 valence electrons. The molecule has 1 aromatic heterocycles. The molecule has 0 bridgehead atoms. The summed E-state index contributed by atoms with van der Waals surface area (Å²) in [6, 6.07) is 13.4. The van der Waals surface area contributed by atoms with Crippen molar-refractivity contribution in [2.24, 2.45) is 0 Å². The summed E-state index contributed by atoms with van der Waals surface area (Å²) in [5, 5.41) is 18.5. The number of aryl methyl sites for hydroxylation is 2. The van der Waals surface area contributed by atoms with Gasteiger partial charge in [0, 0.05) is 43.1 Å². The van der Waals surface area contributed by atoms with Gasteiger partial charge in [-0.05, 0) is 69.3 Å². The van der Waals surface area contributed by atoms with Crippen LogP contribution < -0.4 is 10.2 Å². The number of nitrogens with one attached hydrogen (secondary N) is 1. The Hall–Kier alpha value is -3.72. The van der Waals surface area contributed by atoms with E-state index in [1.807, 2.05) is 25.1 Å². The zero-order chi connectivity index (χ0) is 24.4. The van der Waals surface area contributed by atoms with E-state index in [1.165, 1.54) is 5.69 Å². The summed E-state index contributed by atoms with van der Waals surface area (Å²) in [4.78, 5) is 28.3. The lowest BCUT2D eigenvalue weighted by atomic mass is 10.1. The van der Waals surface area contributed by atoms with Gasteiger partial charge in [-0.3, -0.25) is 19.6 Å². The van der Waals surface area contributed by atoms with Crippen molar-refractivity contribution in [3.05, 3.63) is 80.7 Å². The van der Waals surface area contributed by atoms with E-state index in [2.05, 4.69) is 39.4 Å². The van der Waals surface area contributed by atoms with E-state index in [9.17, 15) is 14.9 Å². The van der Waals surface area contributed by atoms with Crippen LogP contribution in [0.25, 0.3) is 0 Å². The zero-order valence-corrected chi connectivity index (χ0v) is 20.0. The number of nitro groups is 1. The highest BCUT2D eigenvalue weighted by molar-refractivity contribution is 6.04. The summed E-state index contributed by atoms with van der Waals surface area (Å²) in [6.07, 6.45) is 0. The lowest BCUT2D eigenvalue weighted by molar-refractivity contribution is -0.386. The Kier molecular flexibility index (Phi) is 6.65. The topological polar surface area (TPSA) is 96.5 Å². The first-order valence-corrected chi connectivity index (χ1v) is 11.4. The predicted octanol–water partition coefficient (Wildman–Crippen LogP) is 3.77. The third-order valence-corrected chi connectivity index (χ3v) is 6.40. The molecular formula is C25H30N6O3. The minimum atomic E-state index is -0.402. The summed E-state index contributed by atoms with van der Waals surface area (Å²) in [5.74, 6) is -0.177. The number of hydrogen-bond acceptors (Lipinski definition) is 6. The van der Waals surface area contributed by atoms with Gasteiger partial charge in [-0.2, -0.15) is 5.10 Å². The zero-order valence-electron chi connectivity index (χ0n) is 20.0. The van der Waals surface area contributed by atoms with Crippen LogP contribution in [0.2, 0.25) is 0 Å². The smallest absolute Gasteiger partial charge is 0.312 e. The molecule has 2 heterocycles. The summed E-state index contributed by atoms with van der Waals surface area (Å²) in [6.45, 7) is 9.82. The molecule has 1 N–H and O–H groups in total. The molecule has 1 aliphatic heterocycles. The van der Waals surface area contributed by atoms with Gasteiger partial charge in [0.25, 0.3) is 5.91 Å². The molecular weight excluding hydrogens is 432 g/mol. The van der Waals surface area contributed by atoms with Crippen molar-refractivity contribution in [1.82, 2.24) is 14.7 Å². The van der Waals surface area contributed by atoms with E-state index in [-0.39, 0.29) is 11.6 Å². The van der Waals surface area contributed by atoms with Crippen molar-refractivity contribution in [2.75, 3.05) is 43.4 Å². The average Bonchev–Trinajstić information content (AvgIpc) is 3.09. The Labute approximate surface area is 199 Å². The van der Waals surface area contributed by atoms with Gasteiger partial charge in [0.05, 0.1) is 11.5 Å². The van der Waals surface area contributed by atoms with Gasteiger partial charge in [0.1, 0.15) is 11.4 Å². The maximum atomic E-state index is 12.8. The van der Waals surface area contributed by atoms with Crippen LogP contribution in [0, 0.1) is 30.9 Å². The minimum absolute atomic E-state index is 0.0463. The van der Waals surface area contributed by atoms with Gasteiger partial charge in [-0.15, -0.1) is 0 Å². The van der Waals surface area contributed by atoms with E-state index in [4.69, 9.17) is 0 Å². The number of hydrogen-bond donors (Lipinski definition) is 1. The second-order valence-electron chi connectivity index (χ2n) is 8.87. The largest absolute Gasteiger partial charge is 0.369 e. The molecule has 4 rings (SSSR count). The number of amides is 1. The van der Waals surface area contributed by atoms with Crippen molar-refractivity contribution < 1.29 is 9.72 Å². The Morgan fingerprint density at radius 2 is 1.74 bits per heavy atom. The Morgan fingerprint density at radius 1 is 1.06 bits per heavy atom. The van der Waals surface area contributed by atoms with Gasteiger partial charge in [0.15, 0.2) is 0 Å². The van der Waals surface area contributed by atoms with Crippen LogP contribution in [-0.4, -0.2) is 58.7 Å². The summed E-state index contributed by atoms with van der Waals surface area (Å²) >= 11 is 0. The van der Waals surface area contributed by atoms with Gasteiger partial charge >= 0.3 is 5.69 Å². The molecule has 3 aromatic rings. The van der Waals surface area contributed by atoms with Crippen molar-refractivity contribution in [2.45, 2.75) is 27.3 Å². The Morgan fingerprint density at radius 3 is 2.32 bits per heavy atom. The van der Waals surface area contributed by atoms with Crippen molar-refractivity contribution >= 4 is 23.0 Å². The van der Waals surface area contributed by atoms with Crippen LogP contribution in [0.4, 0.5) is 17.1 Å². The normalized spacial score (nSPS) is 14.3. The predicted molar refractivity (Wildman–Crippen MR) is 133 cm³/mol. The fourth-order valence-electron chi connectivity index (χ4n) is 4.28. The lowest BCUT2D eigenvalue weighted by Crippen LogP contribution is -2.44. The van der Waals surface area contributed by atoms with Crippen molar-refractivity contribution in [3.8, 4) is 0 Å². The molecule has 9 nitrogen and oxygen atoms in total. The third-order valence-electron chi connectivity index (χ3n) is 6.40. The lowest BCUT2D eigenvalue weighted by Gasteiger charge is -2.34. The minimum Gasteiger partial charge on any atom is -0.369 e. The fraction of sp³-hybridized carbons (Fsp3) is 0.360. The first kappa shape index (κ1) is 23.4. The Balaban J connectivity index is 1.41. The molecule has 0 saturated carbocycles. The molecule has 2 aromatic carbocycles. The number of likely N-dealkylation sites (N-methyl/N-ethyl adjacent to an activating group) is 1. The molecule has 1 saturated heterocycles. The van der Waals surface area contributed by atoms with Crippen molar-refractivity contribution in [1.29, 1.82) is 0 Å². The van der Waals surface area contributed by atoms with Crippen LogP contribution in [0.3, 0.4) is 0 Å². The van der Waals surface area contributed by atoms with Gasteiger partial charge in [-0.1, -0.05) is 12.1 Å². The molecule has 1 fully saturated rings. The van der Waals surface area contributed by atoms with Gasteiger partial charge in [-0.25, -0.2) is 0 Å². The molecule has 0 radical (unpaired) electrons. The molecule has 0 atom stereocenters. The maximum absolute atomic E-state index is 12.8. The summed E-state index contributed by atoms with van der Waals surface area (Å²) in [7, 11) is 2.14. The number of carbonyl (C=O) groups excluding carboxylic acids is 1. The first-order valence-electron chi connectivity index (χ1n) is 11.4. The quantitative estimate of drug-likeness (QED) is 0.443. The van der Waals surface area contributed by atoms with E-state index in [0.717, 1.165) is 43.0 Å². The number of rotatable bonds is 6. The average molecular weight is 463 g/mol. The number of carbonyl (C=O) groups is 1. The van der Waals surface area contributed by atoms with Crippen LogP contribution in [0.15, 0.2) is 42.5 Å². The summed E-state index contributed by atoms with van der Waals surface area (Å²) in [5.41, 5.74) is 5.40. The standard InChI is InChI=1S/C25H30N6O3/c1-17-15-22(29-13-11-28(4)12-14-29)9-10-23(17)26-25(32)21-7-5-20(6-8-21)16-30-19(3)24(31(33)34)18(2)27-30/h5-10,15H,11-14,16H2,1-4H3,(H,26,32). The highest BCUT2D eigenvalue weighted by atomic mass is 16.6. The number of benzene rings is 2. The van der Waals surface area contributed by atoms with Crippen LogP contribution in [0.5, 0.6) is 0 Å². The van der Waals surface area contributed by atoms with Gasteiger partial charge < -0.3 is 15.1 Å². The second kappa shape index (κ2) is 9.64. The van der Waals surface area contributed by atoms with E-state index >= 15 is 0 Å². The maximum Gasteiger partial charge on any atom is 0.312 e. The fourth-order valence-corrected chi connectivity index (χ4v) is 4.28. The highest BCUT2D eigenvalue weighted by Gasteiger charge is 2.22. The van der Waals surface area contributed by atoms with Crippen LogP contribution >= 0.6 is 0 Å². The van der Waals surface area contributed by atoms with Gasteiger partial charge in [0.2, 0.25) is 0 Å². The second-order valence-corrected chi connectivity index (χ2v) is 8.87. The number of nitrogens with zero attached hydrogens (tertiary/aromatic N) is 5. The molecule has 1 amide bonds. The van der Waals surface area contributed by atoms with E-state index < -0.39 is 4.92 Å². The first-order chi connectivity index (χ1) is 16.2. The third kappa shape index (κ3) is 4.94. The SMILES string of the molecule is Cc1cc(N2CCN(C)CC2)ccc1NC(=O)c1ccc(Cn2nc(C)c([N+](=O)[O-])c2C)cc1. The van der Waals surface area contributed by atoms with Crippen LogP contribution in [-0.2, 0) is 6.54 Å². The molecule has 34 heavy (non-hydrogen) atoms. The molecule has 1 aliphatic rings. The summed E-state index contributed by atoms with van der Waals surface area (Å²) < 4.78 is 1.62. The monoisotopic (exact) mass is 462 g/mol. The Bertz CT molecular complexity index is 1210. The highest BCUT2D eigenvalue weighted by Crippen LogP contribution is 2.25. The number of aromatic nitrogens is 2. The molecule has 9 heteroatoms. The molecule has 0 aliphatic carbocycles. The molecule has 0 unspecified atom stereocenters. The van der Waals surface area contributed by atoms with Crippen LogP contribution in [0.1, 0.15) is 32.9 Å². The molecule has 0 spiro atoms. The van der Waals surface area contributed by atoms with Crippen molar-refractivity contribution in [3.63, 3.8) is 0 Å². The number of piperazine rings is 1. The van der Waals surface area contributed by atoms with E-state index in [0.29, 0.717) is 23.5 Å².